The predicted molar refractivity (Wildman–Crippen MR) is 251 cm³/mol. The van der Waals surface area contributed by atoms with Crippen LogP contribution in [0.2, 0.25) is 0 Å². The molecule has 308 valence electrons. The number of hydrogen-bond acceptors (Lipinski definition) is 6. The summed E-state index contributed by atoms with van der Waals surface area (Å²) in [5.74, 6) is 0. The number of rotatable bonds is 12. The van der Waals surface area contributed by atoms with E-state index in [0.29, 0.717) is 0 Å². The fraction of sp³-hybridized carbons (Fsp3) is 0.400. The summed E-state index contributed by atoms with van der Waals surface area (Å²) in [6, 6.07) is 44.3. The van der Waals surface area contributed by atoms with Gasteiger partial charge in [-0.2, -0.15) is 0 Å². The molecule has 0 spiro atoms. The largest absolute Gasteiger partial charge is 0.301 e. The number of pyridine rings is 2. The molecule has 6 nitrogen and oxygen atoms in total. The van der Waals surface area contributed by atoms with E-state index in [4.69, 9.17) is 9.97 Å². The summed E-state index contributed by atoms with van der Waals surface area (Å²) in [7, 11) is 0. The van der Waals surface area contributed by atoms with Crippen LogP contribution in [-0.2, 0) is 13.1 Å². The fourth-order valence-electron chi connectivity index (χ4n) is 9.12. The average molecular weight is 820 g/mol. The molecule has 2 aliphatic rings. The van der Waals surface area contributed by atoms with Gasteiger partial charge in [0.1, 0.15) is 0 Å². The van der Waals surface area contributed by atoms with E-state index in [1.807, 2.05) is 0 Å². The highest BCUT2D eigenvalue weighted by molar-refractivity contribution is 5.86. The Morgan fingerprint density at radius 3 is 1.14 bits per heavy atom. The summed E-state index contributed by atoms with van der Waals surface area (Å²) in [6.07, 6.45) is 5.10. The minimum Gasteiger partial charge on any atom is -0.301 e. The Morgan fingerprint density at radius 1 is 0.466 bits per heavy atom. The van der Waals surface area contributed by atoms with Gasteiger partial charge in [0.05, 0.1) is 22.4 Å². The zero-order chi connectivity index (χ0) is 38.7. The molecule has 0 saturated carbocycles. The van der Waals surface area contributed by atoms with E-state index < -0.39 is 0 Å². The zero-order valence-corrected chi connectivity index (χ0v) is 36.7. The van der Waals surface area contributed by atoms with Crippen LogP contribution in [-0.4, -0.2) is 94.0 Å². The zero-order valence-electron chi connectivity index (χ0n) is 35.1. The van der Waals surface area contributed by atoms with Crippen LogP contribution in [0.4, 0.5) is 0 Å². The number of likely N-dealkylation sites (tertiary alicyclic amines) is 2. The second kappa shape index (κ2) is 22.5. The van der Waals surface area contributed by atoms with Crippen molar-refractivity contribution in [2.24, 2.45) is 0 Å². The van der Waals surface area contributed by atoms with E-state index in [2.05, 4.69) is 169 Å². The highest BCUT2D eigenvalue weighted by Gasteiger charge is 2.25. The molecule has 0 atom stereocenters. The van der Waals surface area contributed by atoms with Gasteiger partial charge in [0, 0.05) is 47.1 Å². The van der Waals surface area contributed by atoms with Crippen molar-refractivity contribution >= 4 is 46.6 Å². The molecule has 6 aromatic rings. The molecule has 2 fully saturated rings. The Kier molecular flexibility index (Phi) is 17.5. The summed E-state index contributed by atoms with van der Waals surface area (Å²) < 4.78 is 0. The van der Waals surface area contributed by atoms with Gasteiger partial charge in [-0.25, -0.2) is 9.97 Å². The van der Waals surface area contributed by atoms with Gasteiger partial charge in [-0.3, -0.25) is 9.80 Å². The number of piperidine rings is 2. The second-order valence-electron chi connectivity index (χ2n) is 15.6. The minimum absolute atomic E-state index is 0. The minimum atomic E-state index is 0. The van der Waals surface area contributed by atoms with Crippen LogP contribution in [0.15, 0.2) is 121 Å². The Labute approximate surface area is 360 Å². The lowest BCUT2D eigenvalue weighted by molar-refractivity contribution is 0.113. The summed E-state index contributed by atoms with van der Waals surface area (Å²) in [4.78, 5) is 20.3. The van der Waals surface area contributed by atoms with Crippen LogP contribution < -0.4 is 0 Å². The molecule has 0 amide bonds. The maximum absolute atomic E-state index is 4.93. The number of hydrogen-bond donors (Lipinski definition) is 0. The number of para-hydroxylation sites is 2. The number of halogens is 2. The van der Waals surface area contributed by atoms with Crippen molar-refractivity contribution in [2.75, 3.05) is 52.4 Å². The van der Waals surface area contributed by atoms with E-state index in [0.717, 1.165) is 73.8 Å². The maximum Gasteiger partial charge on any atom is 0.0712 e. The molecule has 0 unspecified atom stereocenters. The van der Waals surface area contributed by atoms with Crippen molar-refractivity contribution < 1.29 is 0 Å². The molecule has 2 aromatic heterocycles. The smallest absolute Gasteiger partial charge is 0.0712 e. The molecular formula is C50H64Cl2N6. The molecular weight excluding hydrogens is 755 g/mol. The van der Waals surface area contributed by atoms with Crippen LogP contribution in [0.1, 0.15) is 64.5 Å². The first kappa shape index (κ1) is 45.2. The number of nitrogens with zero attached hydrogens (tertiary/aromatic N) is 6. The quantitative estimate of drug-likeness (QED) is 0.122. The lowest BCUT2D eigenvalue weighted by atomic mass is 10.0. The summed E-state index contributed by atoms with van der Waals surface area (Å²) in [6.45, 7) is 20.5. The standard InChI is InChI=1S/2C25H31N3.2ClH/c2*1-3-28(4-2)22-14-16-27(17-15-22)19-21-18-25(20-10-6-5-7-11-20)26-24-13-9-8-12-23(21)24;;/h2*5-13,18,22H,3-4,14-17,19H2,1-2H3;2*1H. The van der Waals surface area contributed by atoms with Crippen molar-refractivity contribution in [3.05, 3.63) is 132 Å². The van der Waals surface area contributed by atoms with Gasteiger partial charge in [0.25, 0.3) is 0 Å². The van der Waals surface area contributed by atoms with Crippen LogP contribution in [0.3, 0.4) is 0 Å². The van der Waals surface area contributed by atoms with Crippen LogP contribution in [0.5, 0.6) is 0 Å². The maximum atomic E-state index is 4.93. The third-order valence-electron chi connectivity index (χ3n) is 12.3. The molecule has 8 rings (SSSR count). The van der Waals surface area contributed by atoms with E-state index in [-0.39, 0.29) is 24.8 Å². The van der Waals surface area contributed by atoms with Gasteiger partial charge >= 0.3 is 0 Å². The highest BCUT2D eigenvalue weighted by Crippen LogP contribution is 2.29. The SMILES string of the molecule is CCN(CC)C1CCN(Cc2cc(-c3ccccc3)nc3ccccc23)CC1.CCN(CC)C1CCN(Cc2cc(-c3ccccc3)nc3ccccc23)CC1.Cl.Cl. The van der Waals surface area contributed by atoms with Crippen molar-refractivity contribution in [2.45, 2.75) is 78.6 Å². The molecule has 0 radical (unpaired) electrons. The van der Waals surface area contributed by atoms with Gasteiger partial charge in [-0.05, 0) is 113 Å². The van der Waals surface area contributed by atoms with E-state index in [9.17, 15) is 0 Å². The Bertz CT molecular complexity index is 1950. The van der Waals surface area contributed by atoms with Gasteiger partial charge in [0.2, 0.25) is 0 Å². The second-order valence-corrected chi connectivity index (χ2v) is 15.6. The topological polar surface area (TPSA) is 38.7 Å². The summed E-state index contributed by atoms with van der Waals surface area (Å²) >= 11 is 0. The molecule has 8 heteroatoms. The van der Waals surface area contributed by atoms with Gasteiger partial charge in [-0.1, -0.05) is 125 Å². The van der Waals surface area contributed by atoms with Gasteiger partial charge < -0.3 is 9.80 Å². The van der Waals surface area contributed by atoms with Crippen LogP contribution in [0.25, 0.3) is 44.3 Å². The molecule has 4 heterocycles. The van der Waals surface area contributed by atoms with Gasteiger partial charge in [0.15, 0.2) is 0 Å². The first-order valence-electron chi connectivity index (χ1n) is 21.4. The van der Waals surface area contributed by atoms with Crippen molar-refractivity contribution in [3.8, 4) is 22.5 Å². The first-order valence-corrected chi connectivity index (χ1v) is 21.4. The first-order chi connectivity index (χ1) is 27.6. The fourth-order valence-corrected chi connectivity index (χ4v) is 9.12. The van der Waals surface area contributed by atoms with E-state index in [1.54, 1.807) is 0 Å². The van der Waals surface area contributed by atoms with Crippen molar-refractivity contribution in [3.63, 3.8) is 0 Å². The molecule has 2 aliphatic heterocycles. The molecule has 2 saturated heterocycles. The molecule has 0 aliphatic carbocycles. The molecule has 58 heavy (non-hydrogen) atoms. The lowest BCUT2D eigenvalue weighted by Crippen LogP contribution is -2.44. The third kappa shape index (κ3) is 11.2. The molecule has 0 N–H and O–H groups in total. The molecule has 4 aromatic carbocycles. The monoisotopic (exact) mass is 818 g/mol. The number of aromatic nitrogens is 2. The number of fused-ring (bicyclic) bond motifs is 2. The summed E-state index contributed by atoms with van der Waals surface area (Å²) in [5.41, 5.74) is 9.51. The predicted octanol–water partition coefficient (Wildman–Crippen LogP) is 11.3. The highest BCUT2D eigenvalue weighted by atomic mass is 35.5. The van der Waals surface area contributed by atoms with Gasteiger partial charge in [-0.15, -0.1) is 24.8 Å². The van der Waals surface area contributed by atoms with E-state index >= 15 is 0 Å². The molecule has 0 bridgehead atoms. The Morgan fingerprint density at radius 2 is 0.793 bits per heavy atom. The Hall–Kier alpha value is -3.88. The lowest BCUT2D eigenvalue weighted by Gasteiger charge is -2.37. The van der Waals surface area contributed by atoms with Crippen LogP contribution >= 0.6 is 24.8 Å². The Balaban J connectivity index is 0.000000214. The summed E-state index contributed by atoms with van der Waals surface area (Å²) in [5, 5.41) is 2.57. The third-order valence-corrected chi connectivity index (χ3v) is 12.3. The van der Waals surface area contributed by atoms with Crippen molar-refractivity contribution in [1.29, 1.82) is 0 Å². The average Bonchev–Trinajstić information content (AvgIpc) is 3.26. The normalized spacial score (nSPS) is 15.6. The number of benzene rings is 4. The van der Waals surface area contributed by atoms with Crippen LogP contribution in [0, 0.1) is 0 Å². The van der Waals surface area contributed by atoms with E-state index in [1.165, 1.54) is 84.9 Å². The van der Waals surface area contributed by atoms with Crippen molar-refractivity contribution in [1.82, 2.24) is 29.6 Å².